The third-order valence-corrected chi connectivity index (χ3v) is 5.09. The Hall–Kier alpha value is -3.59. The molecule has 9 heteroatoms. The largest absolute Gasteiger partial charge is 0.508 e. The minimum atomic E-state index is -1.15. The SMILES string of the molecule is COC(=O)[C@H](Cc1ccccc1)NC(=O)[C@H](CC(=O)O)NCCCc1ccc(OC)cc1O. The van der Waals surface area contributed by atoms with Crippen LogP contribution in [-0.2, 0) is 32.0 Å². The number of hydrogen-bond donors (Lipinski definition) is 4. The second-order valence-corrected chi connectivity index (χ2v) is 7.48. The summed E-state index contributed by atoms with van der Waals surface area (Å²) in [5.74, 6) is -1.71. The standard InChI is InChI=1S/C24H30N2O7/c1-32-18-11-10-17(21(27)14-18)9-6-12-25-19(15-22(28)29)23(30)26-20(24(31)33-2)13-16-7-4-3-5-8-16/h3-5,7-8,10-11,14,19-20,25,27H,6,9,12-13,15H2,1-2H3,(H,26,30)(H,28,29)/t19-,20-/m0/s1. The summed E-state index contributed by atoms with van der Waals surface area (Å²) in [6, 6.07) is 12.2. The second kappa shape index (κ2) is 13.1. The predicted octanol–water partition coefficient (Wildman–Crippen LogP) is 1.67. The number of rotatable bonds is 13. The molecule has 0 saturated heterocycles. The number of esters is 1. The van der Waals surface area contributed by atoms with Gasteiger partial charge in [-0.05, 0) is 36.6 Å². The third-order valence-electron chi connectivity index (χ3n) is 5.09. The van der Waals surface area contributed by atoms with Crippen molar-refractivity contribution in [1.82, 2.24) is 10.6 Å². The van der Waals surface area contributed by atoms with Crippen molar-refractivity contribution in [2.45, 2.75) is 37.8 Å². The topological polar surface area (TPSA) is 134 Å². The molecule has 0 unspecified atom stereocenters. The van der Waals surface area contributed by atoms with E-state index in [0.717, 1.165) is 5.56 Å². The van der Waals surface area contributed by atoms with Gasteiger partial charge >= 0.3 is 11.9 Å². The number of phenolic OH excluding ortho intramolecular Hbond substituents is 1. The molecule has 33 heavy (non-hydrogen) atoms. The Balaban J connectivity index is 1.96. The number of aliphatic carboxylic acids is 1. The first-order valence-corrected chi connectivity index (χ1v) is 10.6. The molecule has 2 aromatic carbocycles. The highest BCUT2D eigenvalue weighted by Gasteiger charge is 2.27. The Labute approximate surface area is 192 Å². The molecule has 9 nitrogen and oxygen atoms in total. The number of benzene rings is 2. The van der Waals surface area contributed by atoms with E-state index in [0.29, 0.717) is 30.7 Å². The van der Waals surface area contributed by atoms with Crippen molar-refractivity contribution in [2.75, 3.05) is 20.8 Å². The number of carboxylic acid groups (broad SMARTS) is 1. The third kappa shape index (κ3) is 8.46. The molecule has 2 aromatic rings. The van der Waals surface area contributed by atoms with E-state index in [1.165, 1.54) is 20.3 Å². The molecular formula is C24H30N2O7. The number of nitrogens with one attached hydrogen (secondary N) is 2. The van der Waals surface area contributed by atoms with Gasteiger partial charge in [0.25, 0.3) is 0 Å². The Bertz CT molecular complexity index is 934. The average molecular weight is 459 g/mol. The Morgan fingerprint density at radius 3 is 2.36 bits per heavy atom. The van der Waals surface area contributed by atoms with E-state index in [9.17, 15) is 24.6 Å². The van der Waals surface area contributed by atoms with Crippen LogP contribution in [0, 0.1) is 0 Å². The van der Waals surface area contributed by atoms with Gasteiger partial charge in [0.15, 0.2) is 0 Å². The molecule has 0 radical (unpaired) electrons. The van der Waals surface area contributed by atoms with Crippen LogP contribution in [0.4, 0.5) is 0 Å². The Morgan fingerprint density at radius 2 is 1.76 bits per heavy atom. The van der Waals surface area contributed by atoms with Crippen LogP contribution in [0.25, 0.3) is 0 Å². The molecule has 1 amide bonds. The molecule has 4 N–H and O–H groups in total. The molecule has 0 fully saturated rings. The van der Waals surface area contributed by atoms with Gasteiger partial charge in [0, 0.05) is 12.5 Å². The van der Waals surface area contributed by atoms with Gasteiger partial charge in [-0.2, -0.15) is 0 Å². The van der Waals surface area contributed by atoms with Gasteiger partial charge in [0.1, 0.15) is 17.5 Å². The lowest BCUT2D eigenvalue weighted by atomic mass is 10.0. The van der Waals surface area contributed by atoms with Crippen molar-refractivity contribution in [3.8, 4) is 11.5 Å². The number of hydrogen-bond acceptors (Lipinski definition) is 7. The fourth-order valence-electron chi connectivity index (χ4n) is 3.33. The lowest BCUT2D eigenvalue weighted by Crippen LogP contribution is -2.52. The van der Waals surface area contributed by atoms with Crippen LogP contribution in [-0.4, -0.2) is 60.9 Å². The molecular weight excluding hydrogens is 428 g/mol. The number of carboxylic acids is 1. The zero-order valence-electron chi connectivity index (χ0n) is 18.7. The molecule has 0 aliphatic rings. The maximum atomic E-state index is 12.8. The van der Waals surface area contributed by atoms with Crippen LogP contribution in [0.1, 0.15) is 24.0 Å². The highest BCUT2D eigenvalue weighted by atomic mass is 16.5. The minimum Gasteiger partial charge on any atom is -0.508 e. The number of carbonyl (C=O) groups excluding carboxylic acids is 2. The molecule has 178 valence electrons. The fraction of sp³-hybridized carbons (Fsp3) is 0.375. The van der Waals surface area contributed by atoms with Crippen LogP contribution in [0.5, 0.6) is 11.5 Å². The van der Waals surface area contributed by atoms with Crippen LogP contribution in [0.3, 0.4) is 0 Å². The smallest absolute Gasteiger partial charge is 0.328 e. The normalized spacial score (nSPS) is 12.4. The van der Waals surface area contributed by atoms with Crippen molar-refractivity contribution >= 4 is 17.8 Å². The predicted molar refractivity (Wildman–Crippen MR) is 121 cm³/mol. The van der Waals surface area contributed by atoms with Gasteiger partial charge in [-0.15, -0.1) is 0 Å². The van der Waals surface area contributed by atoms with Crippen LogP contribution in [0.15, 0.2) is 48.5 Å². The van der Waals surface area contributed by atoms with Crippen molar-refractivity contribution in [3.63, 3.8) is 0 Å². The molecule has 0 spiro atoms. The molecule has 0 saturated carbocycles. The van der Waals surface area contributed by atoms with Gasteiger partial charge in [-0.25, -0.2) is 4.79 Å². The average Bonchev–Trinajstić information content (AvgIpc) is 2.81. The van der Waals surface area contributed by atoms with Gasteiger partial charge in [-0.3, -0.25) is 9.59 Å². The first-order valence-electron chi connectivity index (χ1n) is 10.6. The molecule has 0 bridgehead atoms. The van der Waals surface area contributed by atoms with Crippen molar-refractivity contribution < 1.29 is 34.1 Å². The first-order chi connectivity index (χ1) is 15.8. The molecule has 0 aliphatic heterocycles. The number of aromatic hydroxyl groups is 1. The van der Waals surface area contributed by atoms with E-state index < -0.39 is 36.4 Å². The van der Waals surface area contributed by atoms with E-state index in [1.807, 2.05) is 30.3 Å². The zero-order valence-corrected chi connectivity index (χ0v) is 18.7. The number of ether oxygens (including phenoxy) is 2. The van der Waals surface area contributed by atoms with E-state index in [4.69, 9.17) is 9.47 Å². The second-order valence-electron chi connectivity index (χ2n) is 7.48. The summed E-state index contributed by atoms with van der Waals surface area (Å²) in [6.07, 6.45) is 0.839. The first kappa shape index (κ1) is 25.7. The quantitative estimate of drug-likeness (QED) is 0.263. The monoisotopic (exact) mass is 458 g/mol. The molecule has 2 rings (SSSR count). The molecule has 0 aromatic heterocycles. The van der Waals surface area contributed by atoms with Gasteiger partial charge in [-0.1, -0.05) is 36.4 Å². The van der Waals surface area contributed by atoms with E-state index >= 15 is 0 Å². The number of amides is 1. The van der Waals surface area contributed by atoms with E-state index in [2.05, 4.69) is 10.6 Å². The molecule has 0 heterocycles. The maximum Gasteiger partial charge on any atom is 0.328 e. The number of phenols is 1. The van der Waals surface area contributed by atoms with Gasteiger partial charge < -0.3 is 30.3 Å². The van der Waals surface area contributed by atoms with E-state index in [1.54, 1.807) is 12.1 Å². The zero-order chi connectivity index (χ0) is 24.2. The van der Waals surface area contributed by atoms with Gasteiger partial charge in [0.2, 0.25) is 5.91 Å². The summed E-state index contributed by atoms with van der Waals surface area (Å²) in [7, 11) is 2.74. The van der Waals surface area contributed by atoms with Crippen molar-refractivity contribution in [2.24, 2.45) is 0 Å². The lowest BCUT2D eigenvalue weighted by Gasteiger charge is -2.21. The van der Waals surface area contributed by atoms with Crippen molar-refractivity contribution in [1.29, 1.82) is 0 Å². The number of carbonyl (C=O) groups is 3. The summed E-state index contributed by atoms with van der Waals surface area (Å²) in [6.45, 7) is 0.332. The highest BCUT2D eigenvalue weighted by molar-refractivity contribution is 5.90. The summed E-state index contributed by atoms with van der Waals surface area (Å²) in [5, 5.41) is 24.8. The van der Waals surface area contributed by atoms with Crippen molar-refractivity contribution in [3.05, 3.63) is 59.7 Å². The lowest BCUT2D eigenvalue weighted by molar-refractivity contribution is -0.145. The maximum absolute atomic E-state index is 12.8. The fourth-order valence-corrected chi connectivity index (χ4v) is 3.33. The summed E-state index contributed by atoms with van der Waals surface area (Å²) in [4.78, 5) is 36.3. The summed E-state index contributed by atoms with van der Waals surface area (Å²) >= 11 is 0. The number of aryl methyl sites for hydroxylation is 1. The number of methoxy groups -OCH3 is 2. The van der Waals surface area contributed by atoms with Crippen LogP contribution >= 0.6 is 0 Å². The van der Waals surface area contributed by atoms with Crippen LogP contribution in [0.2, 0.25) is 0 Å². The Morgan fingerprint density at radius 1 is 1.03 bits per heavy atom. The summed E-state index contributed by atoms with van der Waals surface area (Å²) in [5.41, 5.74) is 1.54. The Kier molecular flexibility index (Phi) is 10.2. The minimum absolute atomic E-state index is 0.107. The molecule has 0 aliphatic carbocycles. The highest BCUT2D eigenvalue weighted by Crippen LogP contribution is 2.24. The molecule has 2 atom stereocenters. The van der Waals surface area contributed by atoms with Gasteiger partial charge in [0.05, 0.1) is 26.7 Å². The van der Waals surface area contributed by atoms with Crippen LogP contribution < -0.4 is 15.4 Å². The van der Waals surface area contributed by atoms with E-state index in [-0.39, 0.29) is 12.2 Å². The summed E-state index contributed by atoms with van der Waals surface area (Å²) < 4.78 is 9.86.